The molecule has 0 radical (unpaired) electrons. The summed E-state index contributed by atoms with van der Waals surface area (Å²) >= 11 is 0. The summed E-state index contributed by atoms with van der Waals surface area (Å²) in [6.07, 6.45) is 1.97. The number of nitro groups is 1. The molecule has 0 unspecified atom stereocenters. The van der Waals surface area contributed by atoms with Crippen molar-refractivity contribution in [2.24, 2.45) is 0 Å². The van der Waals surface area contributed by atoms with E-state index in [1.54, 1.807) is 30.9 Å². The number of nitrogens with one attached hydrogen (secondary N) is 1. The van der Waals surface area contributed by atoms with Gasteiger partial charge in [-0.3, -0.25) is 14.9 Å². The lowest BCUT2D eigenvalue weighted by Crippen LogP contribution is -2.54. The Balaban J connectivity index is 1.69. The number of carbonyl (C=O) groups excluding carboxylic acids is 1. The zero-order valence-corrected chi connectivity index (χ0v) is 17.5. The SMILES string of the molecule is CCN(CC)S(=O)(=O)N1CCN(C(=O)c2ccc(NC3CC3)c([N+](=O)[O-])c2)CC1. The van der Waals surface area contributed by atoms with E-state index in [2.05, 4.69) is 5.32 Å². The van der Waals surface area contributed by atoms with Crippen LogP contribution in [0.5, 0.6) is 0 Å². The number of benzene rings is 1. The monoisotopic (exact) mass is 425 g/mol. The molecule has 1 aromatic rings. The molecular weight excluding hydrogens is 398 g/mol. The van der Waals surface area contributed by atoms with E-state index in [1.807, 2.05) is 0 Å². The van der Waals surface area contributed by atoms with E-state index in [-0.39, 0.29) is 49.4 Å². The minimum atomic E-state index is -3.54. The van der Waals surface area contributed by atoms with Crippen molar-refractivity contribution in [3.05, 3.63) is 33.9 Å². The van der Waals surface area contributed by atoms with Crippen molar-refractivity contribution in [1.82, 2.24) is 13.5 Å². The number of hydrogen-bond acceptors (Lipinski definition) is 6. The fourth-order valence-electron chi connectivity index (χ4n) is 3.40. The number of amides is 1. The van der Waals surface area contributed by atoms with E-state index >= 15 is 0 Å². The van der Waals surface area contributed by atoms with Gasteiger partial charge in [-0.2, -0.15) is 17.0 Å². The van der Waals surface area contributed by atoms with E-state index in [0.29, 0.717) is 18.8 Å². The maximum Gasteiger partial charge on any atom is 0.293 e. The Morgan fingerprint density at radius 1 is 1.21 bits per heavy atom. The molecular formula is C18H27N5O5S. The van der Waals surface area contributed by atoms with Crippen LogP contribution in [0.4, 0.5) is 11.4 Å². The lowest BCUT2D eigenvalue weighted by Gasteiger charge is -2.36. The minimum Gasteiger partial charge on any atom is -0.377 e. The number of piperazine rings is 1. The van der Waals surface area contributed by atoms with Gasteiger partial charge in [0.1, 0.15) is 5.69 Å². The third-order valence-corrected chi connectivity index (χ3v) is 7.45. The van der Waals surface area contributed by atoms with E-state index in [1.165, 1.54) is 14.7 Å². The molecule has 29 heavy (non-hydrogen) atoms. The molecule has 2 fully saturated rings. The molecule has 1 amide bonds. The molecule has 0 atom stereocenters. The molecule has 2 aliphatic rings. The van der Waals surface area contributed by atoms with Gasteiger partial charge in [0.15, 0.2) is 0 Å². The highest BCUT2D eigenvalue weighted by Gasteiger charge is 2.33. The molecule has 160 valence electrons. The number of hydrogen-bond donors (Lipinski definition) is 1. The van der Waals surface area contributed by atoms with Crippen LogP contribution in [0.25, 0.3) is 0 Å². The standard InChI is InChI=1S/C18H27N5O5S/c1-3-21(4-2)29(27,28)22-11-9-20(10-12-22)18(24)14-5-8-16(19-15-6-7-15)17(13-14)23(25)26/h5,8,13,15,19H,3-4,6-7,9-12H2,1-2H3. The molecule has 1 N–H and O–H groups in total. The number of carbonyl (C=O) groups is 1. The van der Waals surface area contributed by atoms with Crippen LogP contribution >= 0.6 is 0 Å². The average Bonchev–Trinajstić information content (AvgIpc) is 3.52. The summed E-state index contributed by atoms with van der Waals surface area (Å²) in [4.78, 5) is 25.3. The summed E-state index contributed by atoms with van der Waals surface area (Å²) in [5.74, 6) is -0.328. The summed E-state index contributed by atoms with van der Waals surface area (Å²) < 4.78 is 28.0. The van der Waals surface area contributed by atoms with E-state index in [0.717, 1.165) is 12.8 Å². The normalized spacial score (nSPS) is 18.1. The highest BCUT2D eigenvalue weighted by Crippen LogP contribution is 2.32. The van der Waals surface area contributed by atoms with Gasteiger partial charge in [-0.1, -0.05) is 13.8 Å². The number of anilines is 1. The highest BCUT2D eigenvalue weighted by molar-refractivity contribution is 7.86. The maximum absolute atomic E-state index is 12.8. The Bertz CT molecular complexity index is 875. The van der Waals surface area contributed by atoms with Crippen molar-refractivity contribution < 1.29 is 18.1 Å². The molecule has 3 rings (SSSR count). The Kier molecular flexibility index (Phi) is 6.39. The Morgan fingerprint density at radius 3 is 2.34 bits per heavy atom. The Hall–Kier alpha value is -2.24. The van der Waals surface area contributed by atoms with Crippen LogP contribution < -0.4 is 5.32 Å². The van der Waals surface area contributed by atoms with Gasteiger partial charge >= 0.3 is 0 Å². The second kappa shape index (κ2) is 8.64. The van der Waals surface area contributed by atoms with Crippen molar-refractivity contribution in [2.45, 2.75) is 32.7 Å². The average molecular weight is 426 g/mol. The van der Waals surface area contributed by atoms with Crippen LogP contribution in [0, 0.1) is 10.1 Å². The molecule has 10 nitrogen and oxygen atoms in total. The number of nitro benzene ring substituents is 1. The van der Waals surface area contributed by atoms with Crippen LogP contribution in [-0.4, -0.2) is 78.1 Å². The van der Waals surface area contributed by atoms with Gasteiger partial charge in [0.05, 0.1) is 4.92 Å². The highest BCUT2D eigenvalue weighted by atomic mass is 32.2. The van der Waals surface area contributed by atoms with Gasteiger partial charge in [0, 0.05) is 56.9 Å². The summed E-state index contributed by atoms with van der Waals surface area (Å²) in [6, 6.07) is 4.71. The van der Waals surface area contributed by atoms with Gasteiger partial charge in [-0.05, 0) is 25.0 Å². The maximum atomic E-state index is 12.8. The molecule has 1 heterocycles. The first-order valence-corrected chi connectivity index (χ1v) is 11.3. The molecule has 1 saturated heterocycles. The van der Waals surface area contributed by atoms with Crippen molar-refractivity contribution in [3.63, 3.8) is 0 Å². The predicted octanol–water partition coefficient (Wildman–Crippen LogP) is 1.51. The third-order valence-electron chi connectivity index (χ3n) is 5.26. The summed E-state index contributed by atoms with van der Waals surface area (Å²) in [7, 11) is -3.54. The second-order valence-electron chi connectivity index (χ2n) is 7.19. The van der Waals surface area contributed by atoms with Crippen LogP contribution in [0.3, 0.4) is 0 Å². The lowest BCUT2D eigenvalue weighted by molar-refractivity contribution is -0.384. The predicted molar refractivity (Wildman–Crippen MR) is 109 cm³/mol. The Labute approximate surface area is 170 Å². The van der Waals surface area contributed by atoms with Crippen LogP contribution in [0.1, 0.15) is 37.0 Å². The van der Waals surface area contributed by atoms with Gasteiger partial charge in [0.25, 0.3) is 21.8 Å². The molecule has 1 aliphatic carbocycles. The summed E-state index contributed by atoms with van der Waals surface area (Å²) in [5.41, 5.74) is 0.535. The van der Waals surface area contributed by atoms with Gasteiger partial charge in [-0.15, -0.1) is 0 Å². The fraction of sp³-hybridized carbons (Fsp3) is 0.611. The third kappa shape index (κ3) is 4.68. The first-order chi connectivity index (χ1) is 13.8. The summed E-state index contributed by atoms with van der Waals surface area (Å²) in [6.45, 7) is 5.25. The quantitative estimate of drug-likeness (QED) is 0.499. The van der Waals surface area contributed by atoms with E-state index in [9.17, 15) is 23.3 Å². The number of rotatable bonds is 8. The lowest BCUT2D eigenvalue weighted by atomic mass is 10.1. The van der Waals surface area contributed by atoms with Crippen LogP contribution in [0.2, 0.25) is 0 Å². The fourth-order valence-corrected chi connectivity index (χ4v) is 5.01. The van der Waals surface area contributed by atoms with Crippen molar-refractivity contribution in [3.8, 4) is 0 Å². The first-order valence-electron chi connectivity index (χ1n) is 9.87. The van der Waals surface area contributed by atoms with Crippen molar-refractivity contribution in [2.75, 3.05) is 44.6 Å². The molecule has 0 aromatic heterocycles. The zero-order chi connectivity index (χ0) is 21.2. The smallest absolute Gasteiger partial charge is 0.293 e. The molecule has 0 spiro atoms. The number of nitrogens with zero attached hydrogens (tertiary/aromatic N) is 4. The second-order valence-corrected chi connectivity index (χ2v) is 9.12. The molecule has 1 aliphatic heterocycles. The van der Waals surface area contributed by atoms with Gasteiger partial charge < -0.3 is 10.2 Å². The van der Waals surface area contributed by atoms with Crippen molar-refractivity contribution in [1.29, 1.82) is 0 Å². The van der Waals surface area contributed by atoms with Crippen molar-refractivity contribution >= 4 is 27.5 Å². The molecule has 1 saturated carbocycles. The minimum absolute atomic E-state index is 0.120. The van der Waals surface area contributed by atoms with E-state index in [4.69, 9.17) is 0 Å². The molecule has 1 aromatic carbocycles. The topological polar surface area (TPSA) is 116 Å². The zero-order valence-electron chi connectivity index (χ0n) is 16.7. The largest absolute Gasteiger partial charge is 0.377 e. The molecule has 11 heteroatoms. The Morgan fingerprint density at radius 2 is 1.83 bits per heavy atom. The first kappa shape index (κ1) is 21.5. The van der Waals surface area contributed by atoms with Crippen LogP contribution in [0.15, 0.2) is 18.2 Å². The van der Waals surface area contributed by atoms with E-state index < -0.39 is 15.1 Å². The van der Waals surface area contributed by atoms with Gasteiger partial charge in [-0.25, -0.2) is 0 Å². The van der Waals surface area contributed by atoms with Gasteiger partial charge in [0.2, 0.25) is 0 Å². The summed E-state index contributed by atoms with van der Waals surface area (Å²) in [5, 5.41) is 14.5. The van der Waals surface area contributed by atoms with Crippen LogP contribution in [-0.2, 0) is 10.2 Å². The molecule has 0 bridgehead atoms.